The van der Waals surface area contributed by atoms with Gasteiger partial charge in [0.25, 0.3) is 0 Å². The van der Waals surface area contributed by atoms with Crippen LogP contribution in [0.25, 0.3) is 0 Å². The molecule has 1 aliphatic carbocycles. The average Bonchev–Trinajstić information content (AvgIpc) is 2.62. The molecule has 1 N–H and O–H groups in total. The molecule has 0 radical (unpaired) electrons. The van der Waals surface area contributed by atoms with Crippen LogP contribution in [-0.2, 0) is 0 Å². The van der Waals surface area contributed by atoms with E-state index in [-0.39, 0.29) is 0 Å². The van der Waals surface area contributed by atoms with E-state index in [2.05, 4.69) is 46.4 Å². The summed E-state index contributed by atoms with van der Waals surface area (Å²) in [4.78, 5) is 0. The average molecular weight is 254 g/mol. The fourth-order valence-electron chi connectivity index (χ4n) is 2.08. The van der Waals surface area contributed by atoms with Gasteiger partial charge in [-0.1, -0.05) is 28.8 Å². The molecule has 0 bridgehead atoms. The molecular formula is C12H16BrN. The van der Waals surface area contributed by atoms with Crippen molar-refractivity contribution in [1.29, 1.82) is 0 Å². The molecule has 0 spiro atoms. The van der Waals surface area contributed by atoms with Gasteiger partial charge in [0.2, 0.25) is 0 Å². The minimum Gasteiger partial charge on any atom is -0.382 e. The topological polar surface area (TPSA) is 12.0 Å². The standard InChI is InChI=1S/C12H16BrN/c1-9-8-10(13)6-7-12(9)14-11-4-2-3-5-11/h6-8,11,14H,2-5H2,1H3. The van der Waals surface area contributed by atoms with E-state index < -0.39 is 0 Å². The van der Waals surface area contributed by atoms with Crippen molar-refractivity contribution in [3.05, 3.63) is 28.2 Å². The Kier molecular flexibility index (Phi) is 3.12. The Morgan fingerprint density at radius 2 is 2.00 bits per heavy atom. The Balaban J connectivity index is 2.08. The fourth-order valence-corrected chi connectivity index (χ4v) is 2.55. The molecule has 1 aromatic rings. The van der Waals surface area contributed by atoms with Gasteiger partial charge in [-0.05, 0) is 43.5 Å². The largest absolute Gasteiger partial charge is 0.382 e. The van der Waals surface area contributed by atoms with Crippen LogP contribution in [0.2, 0.25) is 0 Å². The van der Waals surface area contributed by atoms with Crippen molar-refractivity contribution in [2.45, 2.75) is 38.6 Å². The predicted molar refractivity (Wildman–Crippen MR) is 64.8 cm³/mol. The highest BCUT2D eigenvalue weighted by Crippen LogP contribution is 2.25. The van der Waals surface area contributed by atoms with E-state index in [1.54, 1.807) is 0 Å². The van der Waals surface area contributed by atoms with Crippen LogP contribution in [0, 0.1) is 6.92 Å². The summed E-state index contributed by atoms with van der Waals surface area (Å²) < 4.78 is 1.16. The fraction of sp³-hybridized carbons (Fsp3) is 0.500. The zero-order chi connectivity index (χ0) is 9.97. The first-order valence-electron chi connectivity index (χ1n) is 5.28. The minimum absolute atomic E-state index is 0.704. The molecule has 2 rings (SSSR count). The van der Waals surface area contributed by atoms with Crippen LogP contribution in [0.4, 0.5) is 5.69 Å². The quantitative estimate of drug-likeness (QED) is 0.837. The summed E-state index contributed by atoms with van der Waals surface area (Å²) in [6.07, 6.45) is 5.42. The van der Waals surface area contributed by atoms with Crippen molar-refractivity contribution >= 4 is 21.6 Å². The van der Waals surface area contributed by atoms with Crippen LogP contribution in [-0.4, -0.2) is 6.04 Å². The molecule has 0 amide bonds. The van der Waals surface area contributed by atoms with Crippen molar-refractivity contribution in [1.82, 2.24) is 0 Å². The lowest BCUT2D eigenvalue weighted by Gasteiger charge is -2.15. The highest BCUT2D eigenvalue weighted by molar-refractivity contribution is 9.10. The molecule has 0 aromatic heterocycles. The lowest BCUT2D eigenvalue weighted by molar-refractivity contribution is 0.754. The first-order valence-corrected chi connectivity index (χ1v) is 6.08. The number of benzene rings is 1. The van der Waals surface area contributed by atoms with E-state index in [1.165, 1.54) is 36.9 Å². The van der Waals surface area contributed by atoms with Crippen molar-refractivity contribution in [3.63, 3.8) is 0 Å². The first kappa shape index (κ1) is 10.0. The number of anilines is 1. The zero-order valence-electron chi connectivity index (χ0n) is 8.52. The summed E-state index contributed by atoms with van der Waals surface area (Å²) >= 11 is 3.48. The van der Waals surface area contributed by atoms with E-state index in [0.717, 1.165) is 4.47 Å². The maximum atomic E-state index is 3.62. The van der Waals surface area contributed by atoms with Gasteiger partial charge in [-0.25, -0.2) is 0 Å². The van der Waals surface area contributed by atoms with Crippen LogP contribution < -0.4 is 5.32 Å². The number of hydrogen-bond acceptors (Lipinski definition) is 1. The molecule has 14 heavy (non-hydrogen) atoms. The Hall–Kier alpha value is -0.500. The molecule has 1 aromatic carbocycles. The molecule has 0 saturated heterocycles. The van der Waals surface area contributed by atoms with Gasteiger partial charge in [-0.15, -0.1) is 0 Å². The van der Waals surface area contributed by atoms with E-state index >= 15 is 0 Å². The highest BCUT2D eigenvalue weighted by Gasteiger charge is 2.14. The van der Waals surface area contributed by atoms with Crippen LogP contribution >= 0.6 is 15.9 Å². The molecular weight excluding hydrogens is 238 g/mol. The van der Waals surface area contributed by atoms with Gasteiger partial charge in [0, 0.05) is 16.2 Å². The maximum absolute atomic E-state index is 3.62. The summed E-state index contributed by atoms with van der Waals surface area (Å²) in [6, 6.07) is 7.13. The monoisotopic (exact) mass is 253 g/mol. The predicted octanol–water partition coefficient (Wildman–Crippen LogP) is 4.11. The summed E-state index contributed by atoms with van der Waals surface area (Å²) in [6.45, 7) is 2.15. The Morgan fingerprint density at radius 3 is 2.64 bits per heavy atom. The molecule has 0 atom stereocenters. The Morgan fingerprint density at radius 1 is 1.29 bits per heavy atom. The molecule has 76 valence electrons. The lowest BCUT2D eigenvalue weighted by Crippen LogP contribution is -2.15. The number of aryl methyl sites for hydroxylation is 1. The molecule has 0 heterocycles. The highest BCUT2D eigenvalue weighted by atomic mass is 79.9. The lowest BCUT2D eigenvalue weighted by atomic mass is 10.1. The zero-order valence-corrected chi connectivity index (χ0v) is 10.1. The van der Waals surface area contributed by atoms with Gasteiger partial charge >= 0.3 is 0 Å². The molecule has 1 fully saturated rings. The number of nitrogens with one attached hydrogen (secondary N) is 1. The van der Waals surface area contributed by atoms with Crippen LogP contribution in [0.15, 0.2) is 22.7 Å². The maximum Gasteiger partial charge on any atom is 0.0372 e. The van der Waals surface area contributed by atoms with Crippen LogP contribution in [0.5, 0.6) is 0 Å². The second-order valence-electron chi connectivity index (χ2n) is 4.08. The molecule has 0 aliphatic heterocycles. The number of rotatable bonds is 2. The van der Waals surface area contributed by atoms with Gasteiger partial charge in [0.15, 0.2) is 0 Å². The van der Waals surface area contributed by atoms with E-state index in [9.17, 15) is 0 Å². The third-order valence-corrected chi connectivity index (χ3v) is 3.40. The Labute approximate surface area is 94.0 Å². The number of halogens is 1. The Bertz CT molecular complexity index is 316. The minimum atomic E-state index is 0.704. The van der Waals surface area contributed by atoms with Gasteiger partial charge in [-0.3, -0.25) is 0 Å². The second-order valence-corrected chi connectivity index (χ2v) is 5.00. The SMILES string of the molecule is Cc1cc(Br)ccc1NC1CCCC1. The third-order valence-electron chi connectivity index (χ3n) is 2.90. The smallest absolute Gasteiger partial charge is 0.0372 e. The third kappa shape index (κ3) is 2.30. The van der Waals surface area contributed by atoms with Gasteiger partial charge in [0.05, 0.1) is 0 Å². The van der Waals surface area contributed by atoms with Crippen LogP contribution in [0.3, 0.4) is 0 Å². The summed E-state index contributed by atoms with van der Waals surface area (Å²) in [5.41, 5.74) is 2.62. The normalized spacial score (nSPS) is 17.3. The molecule has 2 heteroatoms. The number of hydrogen-bond donors (Lipinski definition) is 1. The summed E-state index contributed by atoms with van der Waals surface area (Å²) in [5.74, 6) is 0. The van der Waals surface area contributed by atoms with Crippen molar-refractivity contribution < 1.29 is 0 Å². The van der Waals surface area contributed by atoms with Crippen LogP contribution in [0.1, 0.15) is 31.2 Å². The molecule has 1 saturated carbocycles. The molecule has 0 unspecified atom stereocenters. The van der Waals surface area contributed by atoms with Crippen molar-refractivity contribution in [2.24, 2.45) is 0 Å². The van der Waals surface area contributed by atoms with E-state index in [1.807, 2.05) is 0 Å². The summed E-state index contributed by atoms with van der Waals surface area (Å²) in [5, 5.41) is 3.62. The van der Waals surface area contributed by atoms with Gasteiger partial charge < -0.3 is 5.32 Å². The second kappa shape index (κ2) is 4.35. The van der Waals surface area contributed by atoms with E-state index in [0.29, 0.717) is 6.04 Å². The summed E-state index contributed by atoms with van der Waals surface area (Å²) in [7, 11) is 0. The first-order chi connectivity index (χ1) is 6.75. The van der Waals surface area contributed by atoms with Gasteiger partial charge in [0.1, 0.15) is 0 Å². The van der Waals surface area contributed by atoms with Gasteiger partial charge in [-0.2, -0.15) is 0 Å². The van der Waals surface area contributed by atoms with Crippen molar-refractivity contribution in [3.8, 4) is 0 Å². The van der Waals surface area contributed by atoms with Crippen molar-refractivity contribution in [2.75, 3.05) is 5.32 Å². The molecule has 1 nitrogen and oxygen atoms in total. The van der Waals surface area contributed by atoms with E-state index in [4.69, 9.17) is 0 Å². The molecule has 1 aliphatic rings.